The van der Waals surface area contributed by atoms with Gasteiger partial charge in [0.15, 0.2) is 0 Å². The molecule has 0 bridgehead atoms. The lowest BCUT2D eigenvalue weighted by atomic mass is 10.3. The Morgan fingerprint density at radius 1 is 1.40 bits per heavy atom. The standard InChI is InChI=1S/C12H7ClN2O4S/c13-9-6-7(15(18)19)3-4-10(9)20-11-8(12(16)17)2-1-5-14-11/h1-6H,(H,16,17). The van der Waals surface area contributed by atoms with E-state index < -0.39 is 10.9 Å². The molecule has 0 spiro atoms. The zero-order valence-electron chi connectivity index (χ0n) is 9.82. The van der Waals surface area contributed by atoms with Crippen molar-refractivity contribution < 1.29 is 14.8 Å². The highest BCUT2D eigenvalue weighted by Gasteiger charge is 2.15. The van der Waals surface area contributed by atoms with E-state index in [1.165, 1.54) is 36.5 Å². The number of nitro groups is 1. The van der Waals surface area contributed by atoms with Crippen molar-refractivity contribution in [1.29, 1.82) is 0 Å². The zero-order valence-corrected chi connectivity index (χ0v) is 11.4. The Balaban J connectivity index is 2.36. The average molecular weight is 311 g/mol. The quantitative estimate of drug-likeness (QED) is 0.686. The molecule has 1 aromatic carbocycles. The molecule has 20 heavy (non-hydrogen) atoms. The highest BCUT2D eigenvalue weighted by atomic mass is 35.5. The first kappa shape index (κ1) is 14.3. The highest BCUT2D eigenvalue weighted by molar-refractivity contribution is 7.99. The Bertz CT molecular complexity index is 693. The van der Waals surface area contributed by atoms with Crippen molar-refractivity contribution in [1.82, 2.24) is 4.98 Å². The lowest BCUT2D eigenvalue weighted by Gasteiger charge is -2.05. The van der Waals surface area contributed by atoms with Crippen molar-refractivity contribution in [3.05, 3.63) is 57.2 Å². The van der Waals surface area contributed by atoms with Crippen molar-refractivity contribution in [3.63, 3.8) is 0 Å². The van der Waals surface area contributed by atoms with Crippen LogP contribution in [0.4, 0.5) is 5.69 Å². The fraction of sp³-hybridized carbons (Fsp3) is 0. The molecule has 0 saturated heterocycles. The lowest BCUT2D eigenvalue weighted by molar-refractivity contribution is -0.384. The van der Waals surface area contributed by atoms with Crippen LogP contribution in [0.15, 0.2) is 46.5 Å². The van der Waals surface area contributed by atoms with E-state index in [-0.39, 0.29) is 21.3 Å². The molecule has 0 saturated carbocycles. The van der Waals surface area contributed by atoms with Crippen LogP contribution in [0.1, 0.15) is 10.4 Å². The molecule has 0 aliphatic rings. The van der Waals surface area contributed by atoms with Gasteiger partial charge in [-0.1, -0.05) is 23.4 Å². The van der Waals surface area contributed by atoms with Gasteiger partial charge in [-0.25, -0.2) is 9.78 Å². The summed E-state index contributed by atoms with van der Waals surface area (Å²) in [6.07, 6.45) is 1.47. The summed E-state index contributed by atoms with van der Waals surface area (Å²) in [6.45, 7) is 0. The van der Waals surface area contributed by atoms with Gasteiger partial charge in [0.05, 0.1) is 15.5 Å². The van der Waals surface area contributed by atoms with Gasteiger partial charge in [0.2, 0.25) is 0 Å². The minimum atomic E-state index is -1.10. The SMILES string of the molecule is O=C(O)c1cccnc1Sc1ccc([N+](=O)[O-])cc1Cl. The topological polar surface area (TPSA) is 93.3 Å². The van der Waals surface area contributed by atoms with Gasteiger partial charge in [0, 0.05) is 23.2 Å². The van der Waals surface area contributed by atoms with Gasteiger partial charge in [-0.05, 0) is 18.2 Å². The van der Waals surface area contributed by atoms with Crippen molar-refractivity contribution in [2.24, 2.45) is 0 Å². The number of nitro benzene ring substituents is 1. The first-order valence-corrected chi connectivity index (χ1v) is 6.48. The molecule has 0 fully saturated rings. The van der Waals surface area contributed by atoms with Gasteiger partial charge in [-0.2, -0.15) is 0 Å². The summed E-state index contributed by atoms with van der Waals surface area (Å²) in [5.41, 5.74) is -0.0780. The molecule has 0 atom stereocenters. The predicted molar refractivity (Wildman–Crippen MR) is 73.4 cm³/mol. The average Bonchev–Trinajstić information content (AvgIpc) is 2.41. The molecule has 1 N–H and O–H groups in total. The third-order valence-electron chi connectivity index (χ3n) is 2.33. The number of hydrogen-bond donors (Lipinski definition) is 1. The van der Waals surface area contributed by atoms with E-state index in [1.54, 1.807) is 0 Å². The van der Waals surface area contributed by atoms with Crippen LogP contribution < -0.4 is 0 Å². The summed E-state index contributed by atoms with van der Waals surface area (Å²) in [4.78, 5) is 25.6. The van der Waals surface area contributed by atoms with Gasteiger partial charge >= 0.3 is 5.97 Å². The summed E-state index contributed by atoms with van der Waals surface area (Å²) in [7, 11) is 0. The second-order valence-electron chi connectivity index (χ2n) is 3.64. The molecule has 0 amide bonds. The first-order chi connectivity index (χ1) is 9.49. The molecule has 6 nitrogen and oxygen atoms in total. The number of carboxylic acids is 1. The summed E-state index contributed by atoms with van der Waals surface area (Å²) in [5, 5.41) is 20.1. The Kier molecular flexibility index (Phi) is 4.21. The van der Waals surface area contributed by atoms with E-state index in [1.807, 2.05) is 0 Å². The van der Waals surface area contributed by atoms with Crippen LogP contribution in [0.2, 0.25) is 5.02 Å². The number of nitrogens with zero attached hydrogens (tertiary/aromatic N) is 2. The molecule has 102 valence electrons. The molecule has 1 heterocycles. The maximum atomic E-state index is 11.1. The molecule has 0 aliphatic carbocycles. The van der Waals surface area contributed by atoms with Gasteiger partial charge in [0.1, 0.15) is 5.03 Å². The second kappa shape index (κ2) is 5.89. The third kappa shape index (κ3) is 3.06. The summed E-state index contributed by atoms with van der Waals surface area (Å²) in [5.74, 6) is -1.10. The minimum absolute atomic E-state index is 0.0481. The van der Waals surface area contributed by atoms with E-state index in [2.05, 4.69) is 4.98 Å². The molecule has 0 radical (unpaired) electrons. The largest absolute Gasteiger partial charge is 0.478 e. The van der Waals surface area contributed by atoms with Crippen LogP contribution in [0.3, 0.4) is 0 Å². The van der Waals surface area contributed by atoms with Gasteiger partial charge < -0.3 is 5.11 Å². The van der Waals surface area contributed by atoms with Crippen LogP contribution in [0, 0.1) is 10.1 Å². The number of aromatic carboxylic acids is 1. The van der Waals surface area contributed by atoms with Crippen molar-refractivity contribution in [3.8, 4) is 0 Å². The van der Waals surface area contributed by atoms with E-state index in [0.717, 1.165) is 11.8 Å². The third-order valence-corrected chi connectivity index (χ3v) is 3.85. The van der Waals surface area contributed by atoms with Crippen LogP contribution in [0.25, 0.3) is 0 Å². The van der Waals surface area contributed by atoms with E-state index in [9.17, 15) is 14.9 Å². The van der Waals surface area contributed by atoms with Crippen molar-refractivity contribution >= 4 is 35.0 Å². The Morgan fingerprint density at radius 3 is 2.75 bits per heavy atom. The molecule has 2 aromatic rings. The number of carboxylic acid groups (broad SMARTS) is 1. The molecular weight excluding hydrogens is 304 g/mol. The fourth-order valence-electron chi connectivity index (χ4n) is 1.43. The predicted octanol–water partition coefficient (Wildman–Crippen LogP) is 3.49. The fourth-order valence-corrected chi connectivity index (χ4v) is 2.60. The Morgan fingerprint density at radius 2 is 2.15 bits per heavy atom. The zero-order chi connectivity index (χ0) is 14.7. The van der Waals surface area contributed by atoms with Crippen molar-refractivity contribution in [2.45, 2.75) is 9.92 Å². The molecule has 1 aromatic heterocycles. The molecule has 8 heteroatoms. The van der Waals surface area contributed by atoms with E-state index >= 15 is 0 Å². The smallest absolute Gasteiger partial charge is 0.338 e. The van der Waals surface area contributed by atoms with Gasteiger partial charge in [0.25, 0.3) is 5.69 Å². The molecule has 0 aliphatic heterocycles. The molecule has 2 rings (SSSR count). The van der Waals surface area contributed by atoms with E-state index in [4.69, 9.17) is 16.7 Å². The van der Waals surface area contributed by atoms with Crippen LogP contribution in [0.5, 0.6) is 0 Å². The van der Waals surface area contributed by atoms with Gasteiger partial charge in [-0.3, -0.25) is 10.1 Å². The Labute approximate surface area is 122 Å². The summed E-state index contributed by atoms with van der Waals surface area (Å²) < 4.78 is 0. The maximum absolute atomic E-state index is 11.1. The normalized spacial score (nSPS) is 10.2. The van der Waals surface area contributed by atoms with Crippen LogP contribution in [-0.4, -0.2) is 21.0 Å². The van der Waals surface area contributed by atoms with E-state index in [0.29, 0.717) is 4.90 Å². The highest BCUT2D eigenvalue weighted by Crippen LogP contribution is 2.35. The number of halogens is 1. The first-order valence-electron chi connectivity index (χ1n) is 5.29. The number of pyridine rings is 1. The number of benzene rings is 1. The molecule has 0 unspecified atom stereocenters. The lowest BCUT2D eigenvalue weighted by Crippen LogP contribution is -2.00. The minimum Gasteiger partial charge on any atom is -0.478 e. The number of carbonyl (C=O) groups is 1. The number of hydrogen-bond acceptors (Lipinski definition) is 5. The number of rotatable bonds is 4. The summed E-state index contributed by atoms with van der Waals surface area (Å²) >= 11 is 7.00. The Hall–Kier alpha value is -2.12. The van der Waals surface area contributed by atoms with Gasteiger partial charge in [-0.15, -0.1) is 0 Å². The maximum Gasteiger partial charge on any atom is 0.338 e. The summed E-state index contributed by atoms with van der Waals surface area (Å²) in [6, 6.07) is 6.93. The van der Waals surface area contributed by atoms with Crippen LogP contribution >= 0.6 is 23.4 Å². The second-order valence-corrected chi connectivity index (χ2v) is 5.07. The van der Waals surface area contributed by atoms with Crippen molar-refractivity contribution in [2.75, 3.05) is 0 Å². The molecular formula is C12H7ClN2O4S. The number of non-ortho nitro benzene ring substituents is 1. The monoisotopic (exact) mass is 310 g/mol. The van der Waals surface area contributed by atoms with Crippen LogP contribution in [-0.2, 0) is 0 Å². The number of aromatic nitrogens is 1.